The molecule has 3 heteroatoms. The molecule has 0 fully saturated rings. The van der Waals surface area contributed by atoms with Crippen LogP contribution < -0.4 is 0 Å². The van der Waals surface area contributed by atoms with Gasteiger partial charge in [0.2, 0.25) is 5.90 Å². The molecule has 0 N–H and O–H groups in total. The van der Waals surface area contributed by atoms with Crippen molar-refractivity contribution in [3.8, 4) is 0 Å². The first kappa shape index (κ1) is 9.96. The van der Waals surface area contributed by atoms with Crippen molar-refractivity contribution in [2.24, 2.45) is 9.98 Å². The molecule has 0 aliphatic carbocycles. The smallest absolute Gasteiger partial charge is 0.214 e. The molecular formula is C10H16N2O. The van der Waals surface area contributed by atoms with Crippen molar-refractivity contribution < 1.29 is 4.74 Å². The Morgan fingerprint density at radius 3 is 3.23 bits per heavy atom. The lowest BCUT2D eigenvalue weighted by Crippen LogP contribution is -2.12. The summed E-state index contributed by atoms with van der Waals surface area (Å²) >= 11 is 0. The van der Waals surface area contributed by atoms with Crippen molar-refractivity contribution in [3.05, 3.63) is 12.2 Å². The number of hydrogen-bond donors (Lipinski definition) is 0. The topological polar surface area (TPSA) is 34.0 Å². The molecule has 0 bridgehead atoms. The van der Waals surface area contributed by atoms with Crippen molar-refractivity contribution >= 4 is 12.2 Å². The maximum absolute atomic E-state index is 5.58. The van der Waals surface area contributed by atoms with Crippen LogP contribution in [0.3, 0.4) is 0 Å². The molecule has 0 saturated carbocycles. The van der Waals surface area contributed by atoms with Crippen LogP contribution in [0.15, 0.2) is 22.1 Å². The van der Waals surface area contributed by atoms with E-state index in [0.717, 1.165) is 12.8 Å². The summed E-state index contributed by atoms with van der Waals surface area (Å²) in [5, 5.41) is 0. The second-order valence-electron chi connectivity index (χ2n) is 3.07. The molecule has 1 aliphatic heterocycles. The molecule has 0 amide bonds. The van der Waals surface area contributed by atoms with E-state index in [-0.39, 0.29) is 6.10 Å². The highest BCUT2D eigenvalue weighted by atomic mass is 16.5. The van der Waals surface area contributed by atoms with E-state index in [1.54, 1.807) is 6.34 Å². The van der Waals surface area contributed by atoms with Gasteiger partial charge >= 0.3 is 0 Å². The van der Waals surface area contributed by atoms with Crippen LogP contribution in [0.1, 0.15) is 26.7 Å². The fourth-order valence-electron chi connectivity index (χ4n) is 1.14. The van der Waals surface area contributed by atoms with Crippen LogP contribution in [0.2, 0.25) is 0 Å². The molecule has 3 nitrogen and oxygen atoms in total. The second-order valence-corrected chi connectivity index (χ2v) is 3.07. The number of hydrogen-bond acceptors (Lipinski definition) is 3. The van der Waals surface area contributed by atoms with E-state index < -0.39 is 0 Å². The molecule has 0 aromatic rings. The Labute approximate surface area is 79.2 Å². The van der Waals surface area contributed by atoms with Gasteiger partial charge in [0, 0.05) is 0 Å². The number of nitrogens with zero attached hydrogens (tertiary/aromatic N) is 2. The average molecular weight is 180 g/mol. The summed E-state index contributed by atoms with van der Waals surface area (Å²) in [6.07, 6.45) is 7.80. The van der Waals surface area contributed by atoms with Crippen molar-refractivity contribution in [2.45, 2.75) is 32.8 Å². The SMILES string of the molecule is CCC[C@@H](C)OC1=NC=NCC=C1. The lowest BCUT2D eigenvalue weighted by Gasteiger charge is -2.12. The molecule has 1 rings (SSSR count). The summed E-state index contributed by atoms with van der Waals surface area (Å²) in [5.41, 5.74) is 0. The standard InChI is InChI=1S/C10H16N2O/c1-3-5-9(2)13-10-6-4-7-11-8-12-10/h4,6,8-9H,3,5,7H2,1-2H3/t9-/m1/s1. The monoisotopic (exact) mass is 180 g/mol. The zero-order valence-corrected chi connectivity index (χ0v) is 8.23. The van der Waals surface area contributed by atoms with Crippen molar-refractivity contribution in [3.63, 3.8) is 0 Å². The molecule has 0 spiro atoms. The maximum Gasteiger partial charge on any atom is 0.214 e. The van der Waals surface area contributed by atoms with Gasteiger partial charge in [-0.25, -0.2) is 4.99 Å². The number of ether oxygens (including phenoxy) is 1. The minimum Gasteiger partial charge on any atom is -0.475 e. The molecule has 0 radical (unpaired) electrons. The average Bonchev–Trinajstić information content (AvgIpc) is 2.33. The van der Waals surface area contributed by atoms with Crippen LogP contribution in [0.4, 0.5) is 0 Å². The Bertz CT molecular complexity index is 231. The largest absolute Gasteiger partial charge is 0.475 e. The van der Waals surface area contributed by atoms with Gasteiger partial charge in [0.1, 0.15) is 6.34 Å². The van der Waals surface area contributed by atoms with E-state index in [9.17, 15) is 0 Å². The predicted molar refractivity (Wildman–Crippen MR) is 55.4 cm³/mol. The first-order valence-electron chi connectivity index (χ1n) is 4.72. The summed E-state index contributed by atoms with van der Waals surface area (Å²) in [7, 11) is 0. The van der Waals surface area contributed by atoms with E-state index in [2.05, 4.69) is 23.8 Å². The van der Waals surface area contributed by atoms with Gasteiger partial charge in [0.05, 0.1) is 12.6 Å². The van der Waals surface area contributed by atoms with E-state index in [1.807, 2.05) is 12.2 Å². The Morgan fingerprint density at radius 2 is 2.46 bits per heavy atom. The predicted octanol–water partition coefficient (Wildman–Crippen LogP) is 2.19. The molecule has 13 heavy (non-hydrogen) atoms. The van der Waals surface area contributed by atoms with Crippen LogP contribution in [0.25, 0.3) is 0 Å². The fourth-order valence-corrected chi connectivity index (χ4v) is 1.14. The van der Waals surface area contributed by atoms with Crippen molar-refractivity contribution in [1.29, 1.82) is 0 Å². The molecule has 0 unspecified atom stereocenters. The van der Waals surface area contributed by atoms with Crippen LogP contribution in [0, 0.1) is 0 Å². The Hall–Kier alpha value is -1.12. The number of rotatable bonds is 3. The Morgan fingerprint density at radius 1 is 1.62 bits per heavy atom. The maximum atomic E-state index is 5.58. The highest BCUT2D eigenvalue weighted by Gasteiger charge is 2.03. The van der Waals surface area contributed by atoms with Crippen LogP contribution in [-0.2, 0) is 4.74 Å². The van der Waals surface area contributed by atoms with Gasteiger partial charge in [0.15, 0.2) is 0 Å². The van der Waals surface area contributed by atoms with E-state index >= 15 is 0 Å². The third-order valence-electron chi connectivity index (χ3n) is 1.76. The minimum absolute atomic E-state index is 0.236. The first-order chi connectivity index (χ1) is 6.33. The highest BCUT2D eigenvalue weighted by Crippen LogP contribution is 2.03. The second kappa shape index (κ2) is 5.51. The quantitative estimate of drug-likeness (QED) is 0.655. The Kier molecular flexibility index (Phi) is 4.23. The minimum atomic E-state index is 0.236. The van der Waals surface area contributed by atoms with Gasteiger partial charge < -0.3 is 4.74 Å². The van der Waals surface area contributed by atoms with Gasteiger partial charge in [-0.05, 0) is 19.4 Å². The zero-order valence-electron chi connectivity index (χ0n) is 8.23. The van der Waals surface area contributed by atoms with Crippen molar-refractivity contribution in [2.75, 3.05) is 6.54 Å². The molecular weight excluding hydrogens is 164 g/mol. The first-order valence-corrected chi connectivity index (χ1v) is 4.72. The summed E-state index contributed by atoms with van der Waals surface area (Å²) in [6, 6.07) is 0. The fraction of sp³-hybridized carbons (Fsp3) is 0.600. The normalized spacial score (nSPS) is 17.8. The summed E-state index contributed by atoms with van der Waals surface area (Å²) in [6.45, 7) is 4.90. The molecule has 72 valence electrons. The van der Waals surface area contributed by atoms with Crippen LogP contribution in [-0.4, -0.2) is 24.9 Å². The Balaban J connectivity index is 2.42. The zero-order chi connectivity index (χ0) is 9.52. The highest BCUT2D eigenvalue weighted by molar-refractivity contribution is 5.93. The lowest BCUT2D eigenvalue weighted by atomic mass is 10.2. The number of aliphatic imine (C=N–C) groups is 2. The molecule has 0 aromatic carbocycles. The van der Waals surface area contributed by atoms with Gasteiger partial charge in [-0.3, -0.25) is 4.99 Å². The third-order valence-corrected chi connectivity index (χ3v) is 1.76. The summed E-state index contributed by atoms with van der Waals surface area (Å²) < 4.78 is 5.58. The molecule has 0 saturated heterocycles. The molecule has 1 aliphatic rings. The van der Waals surface area contributed by atoms with E-state index in [4.69, 9.17) is 4.74 Å². The van der Waals surface area contributed by atoms with Gasteiger partial charge in [-0.2, -0.15) is 0 Å². The van der Waals surface area contributed by atoms with Crippen LogP contribution >= 0.6 is 0 Å². The molecule has 1 heterocycles. The van der Waals surface area contributed by atoms with Gasteiger partial charge in [-0.1, -0.05) is 19.4 Å². The van der Waals surface area contributed by atoms with E-state index in [1.165, 1.54) is 0 Å². The van der Waals surface area contributed by atoms with Gasteiger partial charge in [0.25, 0.3) is 0 Å². The summed E-state index contributed by atoms with van der Waals surface area (Å²) in [4.78, 5) is 8.06. The van der Waals surface area contributed by atoms with Crippen molar-refractivity contribution in [1.82, 2.24) is 0 Å². The van der Waals surface area contributed by atoms with E-state index in [0.29, 0.717) is 12.4 Å². The lowest BCUT2D eigenvalue weighted by molar-refractivity contribution is 0.199. The van der Waals surface area contributed by atoms with Crippen LogP contribution in [0.5, 0.6) is 0 Å². The van der Waals surface area contributed by atoms with Gasteiger partial charge in [-0.15, -0.1) is 0 Å². The molecule has 0 aromatic heterocycles. The molecule has 1 atom stereocenters. The summed E-state index contributed by atoms with van der Waals surface area (Å²) in [5.74, 6) is 0.669. The third kappa shape index (κ3) is 3.87.